The summed E-state index contributed by atoms with van der Waals surface area (Å²) in [5, 5.41) is 8.61. The van der Waals surface area contributed by atoms with Gasteiger partial charge in [0.25, 0.3) is 0 Å². The first-order valence-corrected chi connectivity index (χ1v) is 6.51. The number of aromatic carboxylic acids is 1. The Bertz CT molecular complexity index is 422. The van der Waals surface area contributed by atoms with Gasteiger partial charge in [-0.3, -0.25) is 0 Å². The molecule has 76 valence electrons. The molecule has 1 aromatic rings. The fourth-order valence-corrected chi connectivity index (χ4v) is 2.14. The highest BCUT2D eigenvalue weighted by molar-refractivity contribution is 7.70. The van der Waals surface area contributed by atoms with Crippen molar-refractivity contribution in [2.45, 2.75) is 0 Å². The number of halogens is 1. The average molecular weight is 216 g/mol. The fraction of sp³-hybridized carbons (Fsp3) is 0.222. The van der Waals surface area contributed by atoms with Crippen LogP contribution >= 0.6 is 7.14 Å². The summed E-state index contributed by atoms with van der Waals surface area (Å²) in [5.74, 6) is -2.24. The first-order valence-electron chi connectivity index (χ1n) is 3.91. The molecule has 0 aromatic heterocycles. The second kappa shape index (κ2) is 3.54. The minimum Gasteiger partial charge on any atom is -0.478 e. The van der Waals surface area contributed by atoms with Gasteiger partial charge in [-0.25, -0.2) is 9.18 Å². The molecule has 0 saturated carbocycles. The van der Waals surface area contributed by atoms with Gasteiger partial charge in [-0.1, -0.05) is 6.07 Å². The van der Waals surface area contributed by atoms with Crippen LogP contribution in [0.5, 0.6) is 0 Å². The Kier molecular flexibility index (Phi) is 2.76. The third kappa shape index (κ3) is 2.02. The van der Waals surface area contributed by atoms with E-state index < -0.39 is 24.5 Å². The number of hydrogen-bond acceptors (Lipinski definition) is 2. The van der Waals surface area contributed by atoms with Crippen LogP contribution in [0, 0.1) is 5.82 Å². The molecule has 0 aliphatic carbocycles. The summed E-state index contributed by atoms with van der Waals surface area (Å²) in [6.07, 6.45) is 0. The van der Waals surface area contributed by atoms with Gasteiger partial charge < -0.3 is 9.67 Å². The molecule has 0 atom stereocenters. The van der Waals surface area contributed by atoms with Crippen molar-refractivity contribution in [3.8, 4) is 0 Å². The smallest absolute Gasteiger partial charge is 0.338 e. The van der Waals surface area contributed by atoms with E-state index in [1.807, 2.05) is 0 Å². The maximum atomic E-state index is 13.5. The molecule has 0 aliphatic rings. The molecule has 14 heavy (non-hydrogen) atoms. The average Bonchev–Trinajstić information content (AvgIpc) is 2.01. The van der Waals surface area contributed by atoms with Crippen LogP contribution in [0.2, 0.25) is 0 Å². The van der Waals surface area contributed by atoms with E-state index in [0.29, 0.717) is 0 Å². The van der Waals surface area contributed by atoms with E-state index in [1.54, 1.807) is 0 Å². The number of carboxylic acid groups (broad SMARTS) is 1. The third-order valence-corrected chi connectivity index (χ3v) is 3.29. The van der Waals surface area contributed by atoms with Crippen LogP contribution < -0.4 is 5.30 Å². The Hall–Kier alpha value is -1.15. The van der Waals surface area contributed by atoms with Gasteiger partial charge in [0.05, 0.1) is 5.56 Å². The Balaban J connectivity index is 3.43. The third-order valence-electron chi connectivity index (χ3n) is 1.79. The number of rotatable bonds is 2. The predicted octanol–water partition coefficient (Wildman–Crippen LogP) is 1.77. The lowest BCUT2D eigenvalue weighted by atomic mass is 10.2. The van der Waals surface area contributed by atoms with E-state index in [1.165, 1.54) is 25.5 Å². The van der Waals surface area contributed by atoms with E-state index in [9.17, 15) is 13.8 Å². The standard InChI is InChI=1S/C9H10FO3P/c1-14(2,13)7-5-3-4-6(8(7)10)9(11)12/h3-5H,1-2H3,(H,11,12). The van der Waals surface area contributed by atoms with Crippen LogP contribution in [0.25, 0.3) is 0 Å². The molecule has 0 aliphatic heterocycles. The molecule has 0 heterocycles. The zero-order chi connectivity index (χ0) is 10.9. The molecule has 0 amide bonds. The summed E-state index contributed by atoms with van der Waals surface area (Å²) in [4.78, 5) is 10.6. The van der Waals surface area contributed by atoms with Crippen LogP contribution in [0.3, 0.4) is 0 Å². The molecule has 5 heteroatoms. The Labute approximate surface area is 80.9 Å². The molecule has 0 saturated heterocycles. The van der Waals surface area contributed by atoms with Crippen LogP contribution in [-0.2, 0) is 4.57 Å². The van der Waals surface area contributed by atoms with Gasteiger partial charge in [-0.2, -0.15) is 0 Å². The van der Waals surface area contributed by atoms with Gasteiger partial charge in [-0.05, 0) is 25.5 Å². The lowest BCUT2D eigenvalue weighted by molar-refractivity contribution is 0.0692. The molecule has 1 N–H and O–H groups in total. The molecule has 3 nitrogen and oxygen atoms in total. The molecule has 0 radical (unpaired) electrons. The van der Waals surface area contributed by atoms with E-state index in [2.05, 4.69) is 0 Å². The lowest BCUT2D eigenvalue weighted by Crippen LogP contribution is -2.14. The van der Waals surface area contributed by atoms with E-state index >= 15 is 0 Å². The summed E-state index contributed by atoms with van der Waals surface area (Å²) in [5.41, 5.74) is -0.438. The quantitative estimate of drug-likeness (QED) is 0.766. The van der Waals surface area contributed by atoms with Gasteiger partial charge in [0.2, 0.25) is 0 Å². The summed E-state index contributed by atoms with van der Waals surface area (Å²) in [7, 11) is -2.76. The van der Waals surface area contributed by atoms with Crippen LogP contribution in [0.1, 0.15) is 10.4 Å². The van der Waals surface area contributed by atoms with Crippen molar-refractivity contribution >= 4 is 18.4 Å². The van der Waals surface area contributed by atoms with Crippen molar-refractivity contribution in [2.24, 2.45) is 0 Å². The Morgan fingerprint density at radius 2 is 2.00 bits per heavy atom. The SMILES string of the molecule is CP(C)(=O)c1cccc(C(=O)O)c1F. The second-order valence-corrected chi connectivity index (χ2v) is 6.48. The van der Waals surface area contributed by atoms with Crippen LogP contribution in [0.15, 0.2) is 18.2 Å². The molecule has 0 unspecified atom stereocenters. The molecule has 0 spiro atoms. The molecule has 1 rings (SSSR count). The highest BCUT2D eigenvalue weighted by Crippen LogP contribution is 2.35. The summed E-state index contributed by atoms with van der Waals surface area (Å²) >= 11 is 0. The fourth-order valence-electron chi connectivity index (χ4n) is 1.10. The maximum Gasteiger partial charge on any atom is 0.338 e. The van der Waals surface area contributed by atoms with Crippen molar-refractivity contribution in [3.05, 3.63) is 29.6 Å². The largest absolute Gasteiger partial charge is 0.478 e. The Morgan fingerprint density at radius 3 is 2.43 bits per heavy atom. The van der Waals surface area contributed by atoms with Gasteiger partial charge >= 0.3 is 5.97 Å². The second-order valence-electron chi connectivity index (χ2n) is 3.29. The van der Waals surface area contributed by atoms with E-state index in [0.717, 1.165) is 6.07 Å². The van der Waals surface area contributed by atoms with Crippen LogP contribution in [0.4, 0.5) is 4.39 Å². The van der Waals surface area contributed by atoms with Gasteiger partial charge in [-0.15, -0.1) is 0 Å². The highest BCUT2D eigenvalue weighted by Gasteiger charge is 2.21. The summed E-state index contributed by atoms with van der Waals surface area (Å²) in [6, 6.07) is 3.89. The molecular weight excluding hydrogens is 206 g/mol. The first kappa shape index (κ1) is 10.9. The number of benzene rings is 1. The van der Waals surface area contributed by atoms with Crippen molar-refractivity contribution in [1.82, 2.24) is 0 Å². The number of hydrogen-bond donors (Lipinski definition) is 1. The Morgan fingerprint density at radius 1 is 1.43 bits per heavy atom. The predicted molar refractivity (Wildman–Crippen MR) is 52.4 cm³/mol. The zero-order valence-electron chi connectivity index (χ0n) is 7.82. The van der Waals surface area contributed by atoms with E-state index in [-0.39, 0.29) is 5.30 Å². The molecule has 0 bridgehead atoms. The normalized spacial score (nSPS) is 11.4. The minimum atomic E-state index is -2.76. The summed E-state index contributed by atoms with van der Waals surface area (Å²) < 4.78 is 25.0. The number of carbonyl (C=O) groups is 1. The van der Waals surface area contributed by atoms with Crippen LogP contribution in [-0.4, -0.2) is 24.4 Å². The van der Waals surface area contributed by atoms with Gasteiger partial charge in [0.15, 0.2) is 0 Å². The van der Waals surface area contributed by atoms with Gasteiger partial charge in [0.1, 0.15) is 13.0 Å². The highest BCUT2D eigenvalue weighted by atomic mass is 31.2. The lowest BCUT2D eigenvalue weighted by Gasteiger charge is -2.09. The van der Waals surface area contributed by atoms with Crippen molar-refractivity contribution in [2.75, 3.05) is 13.3 Å². The molecular formula is C9H10FO3P. The minimum absolute atomic E-state index is 0.0163. The van der Waals surface area contributed by atoms with Crippen molar-refractivity contribution < 1.29 is 18.9 Å². The van der Waals surface area contributed by atoms with E-state index in [4.69, 9.17) is 5.11 Å². The molecule has 1 aromatic carbocycles. The maximum absolute atomic E-state index is 13.5. The monoisotopic (exact) mass is 216 g/mol. The zero-order valence-corrected chi connectivity index (χ0v) is 8.72. The summed E-state index contributed by atoms with van der Waals surface area (Å²) in [6.45, 7) is 2.80. The van der Waals surface area contributed by atoms with Crippen molar-refractivity contribution in [3.63, 3.8) is 0 Å². The van der Waals surface area contributed by atoms with Gasteiger partial charge in [0, 0.05) is 5.30 Å². The number of carboxylic acids is 1. The topological polar surface area (TPSA) is 54.4 Å². The van der Waals surface area contributed by atoms with Crippen molar-refractivity contribution in [1.29, 1.82) is 0 Å². The molecule has 0 fully saturated rings. The first-order chi connectivity index (χ1) is 6.34.